The number of hydrogen-bond acceptors (Lipinski definition) is 2. The molecule has 0 aliphatic carbocycles. The summed E-state index contributed by atoms with van der Waals surface area (Å²) in [5, 5.41) is 0. The number of rotatable bonds is 5. The molecule has 0 saturated carbocycles. The molecule has 0 N–H and O–H groups in total. The second-order valence-electron chi connectivity index (χ2n) is 6.19. The Balaban J connectivity index is 2.48. The number of piperazine rings is 1. The summed E-state index contributed by atoms with van der Waals surface area (Å²) in [6.45, 7) is 14.9. The standard InChI is InChI=1S/C15H30N2O/c1-6-14(11-12(2)3)15(18)17-9-7-16(8-10-17)13(4)5/h12-14H,6-11H2,1-5H3. The van der Waals surface area contributed by atoms with Gasteiger partial charge in [0.15, 0.2) is 0 Å². The van der Waals surface area contributed by atoms with Crippen molar-refractivity contribution in [1.82, 2.24) is 9.80 Å². The number of carbonyl (C=O) groups is 1. The third-order valence-corrected chi connectivity index (χ3v) is 3.95. The maximum atomic E-state index is 12.4. The summed E-state index contributed by atoms with van der Waals surface area (Å²) in [4.78, 5) is 17.0. The van der Waals surface area contributed by atoms with Gasteiger partial charge in [0.05, 0.1) is 0 Å². The lowest BCUT2D eigenvalue weighted by Gasteiger charge is -2.38. The zero-order chi connectivity index (χ0) is 13.7. The van der Waals surface area contributed by atoms with Gasteiger partial charge in [0, 0.05) is 38.1 Å². The molecule has 0 radical (unpaired) electrons. The molecule has 1 aliphatic rings. The van der Waals surface area contributed by atoms with Crippen molar-refractivity contribution in [3.8, 4) is 0 Å². The molecule has 0 aromatic rings. The van der Waals surface area contributed by atoms with E-state index < -0.39 is 0 Å². The molecule has 3 nitrogen and oxygen atoms in total. The Morgan fingerprint density at radius 2 is 1.61 bits per heavy atom. The second-order valence-corrected chi connectivity index (χ2v) is 6.19. The average molecular weight is 254 g/mol. The molecule has 1 rings (SSSR count). The first-order valence-electron chi connectivity index (χ1n) is 7.48. The fraction of sp³-hybridized carbons (Fsp3) is 0.933. The SMILES string of the molecule is CCC(CC(C)C)C(=O)N1CCN(C(C)C)CC1. The molecular weight excluding hydrogens is 224 g/mol. The van der Waals surface area contributed by atoms with E-state index in [4.69, 9.17) is 0 Å². The average Bonchev–Trinajstić information content (AvgIpc) is 2.35. The van der Waals surface area contributed by atoms with Gasteiger partial charge < -0.3 is 4.90 Å². The fourth-order valence-electron chi connectivity index (χ4n) is 2.73. The maximum absolute atomic E-state index is 12.4. The lowest BCUT2D eigenvalue weighted by atomic mass is 9.93. The smallest absolute Gasteiger partial charge is 0.225 e. The van der Waals surface area contributed by atoms with Gasteiger partial charge in [-0.2, -0.15) is 0 Å². The topological polar surface area (TPSA) is 23.6 Å². The van der Waals surface area contributed by atoms with Crippen LogP contribution in [0.25, 0.3) is 0 Å². The van der Waals surface area contributed by atoms with Crippen molar-refractivity contribution < 1.29 is 4.79 Å². The van der Waals surface area contributed by atoms with E-state index >= 15 is 0 Å². The minimum absolute atomic E-state index is 0.232. The molecule has 0 aromatic carbocycles. The van der Waals surface area contributed by atoms with E-state index in [0.717, 1.165) is 39.0 Å². The first-order chi connectivity index (χ1) is 8.45. The summed E-state index contributed by atoms with van der Waals surface area (Å²) in [7, 11) is 0. The molecule has 3 heteroatoms. The molecule has 106 valence electrons. The van der Waals surface area contributed by atoms with Gasteiger partial charge in [-0.25, -0.2) is 0 Å². The highest BCUT2D eigenvalue weighted by Gasteiger charge is 2.27. The van der Waals surface area contributed by atoms with Crippen LogP contribution < -0.4 is 0 Å². The third kappa shape index (κ3) is 4.27. The summed E-state index contributed by atoms with van der Waals surface area (Å²) in [5.74, 6) is 1.22. The minimum Gasteiger partial charge on any atom is -0.340 e. The van der Waals surface area contributed by atoms with Crippen LogP contribution in [0.3, 0.4) is 0 Å². The predicted molar refractivity (Wildman–Crippen MR) is 76.5 cm³/mol. The predicted octanol–water partition coefficient (Wildman–Crippen LogP) is 2.61. The summed E-state index contributed by atoms with van der Waals surface area (Å²) in [5.41, 5.74) is 0. The van der Waals surface area contributed by atoms with Crippen molar-refractivity contribution in [2.75, 3.05) is 26.2 Å². The van der Waals surface area contributed by atoms with Gasteiger partial charge in [-0.1, -0.05) is 20.8 Å². The van der Waals surface area contributed by atoms with E-state index in [1.54, 1.807) is 0 Å². The van der Waals surface area contributed by atoms with E-state index in [1.807, 2.05) is 0 Å². The van der Waals surface area contributed by atoms with E-state index in [0.29, 0.717) is 17.9 Å². The largest absolute Gasteiger partial charge is 0.340 e. The van der Waals surface area contributed by atoms with Crippen molar-refractivity contribution in [2.24, 2.45) is 11.8 Å². The third-order valence-electron chi connectivity index (χ3n) is 3.95. The molecule has 1 saturated heterocycles. The molecular formula is C15H30N2O. The molecule has 0 bridgehead atoms. The Kier molecular flexibility index (Phi) is 6.13. The van der Waals surface area contributed by atoms with Crippen LogP contribution in [0.4, 0.5) is 0 Å². The van der Waals surface area contributed by atoms with E-state index in [-0.39, 0.29) is 5.92 Å². The Morgan fingerprint density at radius 1 is 1.06 bits per heavy atom. The van der Waals surface area contributed by atoms with Crippen LogP contribution in [-0.4, -0.2) is 47.9 Å². The van der Waals surface area contributed by atoms with Gasteiger partial charge in [-0.05, 0) is 32.6 Å². The molecule has 0 aromatic heterocycles. The Morgan fingerprint density at radius 3 is 2.00 bits per heavy atom. The zero-order valence-corrected chi connectivity index (χ0v) is 12.8. The van der Waals surface area contributed by atoms with Gasteiger partial charge in [0.2, 0.25) is 5.91 Å². The second kappa shape index (κ2) is 7.13. The van der Waals surface area contributed by atoms with Crippen LogP contribution in [-0.2, 0) is 4.79 Å². The first-order valence-corrected chi connectivity index (χ1v) is 7.48. The lowest BCUT2D eigenvalue weighted by Crippen LogP contribution is -2.52. The molecule has 1 amide bonds. The number of hydrogen-bond donors (Lipinski definition) is 0. The Hall–Kier alpha value is -0.570. The molecule has 18 heavy (non-hydrogen) atoms. The number of nitrogens with zero attached hydrogens (tertiary/aromatic N) is 2. The van der Waals surface area contributed by atoms with E-state index in [1.165, 1.54) is 0 Å². The van der Waals surface area contributed by atoms with Crippen LogP contribution in [0.2, 0.25) is 0 Å². The highest BCUT2D eigenvalue weighted by molar-refractivity contribution is 5.78. The van der Waals surface area contributed by atoms with Gasteiger partial charge in [-0.15, -0.1) is 0 Å². The summed E-state index contributed by atoms with van der Waals surface area (Å²) < 4.78 is 0. The van der Waals surface area contributed by atoms with Gasteiger partial charge in [0.25, 0.3) is 0 Å². The highest BCUT2D eigenvalue weighted by atomic mass is 16.2. The van der Waals surface area contributed by atoms with Crippen molar-refractivity contribution in [3.05, 3.63) is 0 Å². The van der Waals surface area contributed by atoms with Crippen molar-refractivity contribution >= 4 is 5.91 Å². The molecule has 1 unspecified atom stereocenters. The molecule has 0 spiro atoms. The number of amides is 1. The van der Waals surface area contributed by atoms with Crippen molar-refractivity contribution in [3.63, 3.8) is 0 Å². The van der Waals surface area contributed by atoms with Crippen LogP contribution in [0.5, 0.6) is 0 Å². The molecule has 1 aliphatic heterocycles. The van der Waals surface area contributed by atoms with Crippen LogP contribution >= 0.6 is 0 Å². The van der Waals surface area contributed by atoms with Gasteiger partial charge >= 0.3 is 0 Å². The normalized spacial score (nSPS) is 19.6. The summed E-state index contributed by atoms with van der Waals surface area (Å²) in [6, 6.07) is 0.597. The summed E-state index contributed by atoms with van der Waals surface area (Å²) in [6.07, 6.45) is 2.00. The summed E-state index contributed by atoms with van der Waals surface area (Å²) >= 11 is 0. The zero-order valence-electron chi connectivity index (χ0n) is 12.8. The number of carbonyl (C=O) groups excluding carboxylic acids is 1. The highest BCUT2D eigenvalue weighted by Crippen LogP contribution is 2.19. The monoisotopic (exact) mass is 254 g/mol. The minimum atomic E-state index is 0.232. The van der Waals surface area contributed by atoms with E-state index in [2.05, 4.69) is 44.4 Å². The maximum Gasteiger partial charge on any atom is 0.225 e. The quantitative estimate of drug-likeness (QED) is 0.753. The molecule has 1 fully saturated rings. The molecule has 1 atom stereocenters. The van der Waals surface area contributed by atoms with Crippen molar-refractivity contribution in [1.29, 1.82) is 0 Å². The first kappa shape index (κ1) is 15.5. The van der Waals surface area contributed by atoms with Crippen LogP contribution in [0.15, 0.2) is 0 Å². The van der Waals surface area contributed by atoms with Crippen LogP contribution in [0.1, 0.15) is 47.5 Å². The fourth-order valence-corrected chi connectivity index (χ4v) is 2.73. The van der Waals surface area contributed by atoms with Crippen molar-refractivity contribution in [2.45, 2.75) is 53.5 Å². The Bertz CT molecular complexity index is 255. The lowest BCUT2D eigenvalue weighted by molar-refractivity contribution is -0.138. The van der Waals surface area contributed by atoms with Crippen LogP contribution in [0, 0.1) is 11.8 Å². The Labute approximate surface area is 113 Å². The van der Waals surface area contributed by atoms with E-state index in [9.17, 15) is 4.79 Å². The van der Waals surface area contributed by atoms with Gasteiger partial charge in [0.1, 0.15) is 0 Å². The molecule has 1 heterocycles. The van der Waals surface area contributed by atoms with Gasteiger partial charge in [-0.3, -0.25) is 9.69 Å².